The van der Waals surface area contributed by atoms with Crippen molar-refractivity contribution in [1.29, 1.82) is 0 Å². The Morgan fingerprint density at radius 1 is 1.04 bits per heavy atom. The van der Waals surface area contributed by atoms with Crippen molar-refractivity contribution in [3.05, 3.63) is 82.6 Å². The lowest BCUT2D eigenvalue weighted by atomic mass is 10.0. The molecule has 0 amide bonds. The zero-order chi connectivity index (χ0) is 19.5. The number of ether oxygens (including phenoxy) is 1. The van der Waals surface area contributed by atoms with Gasteiger partial charge in [0.1, 0.15) is 17.2 Å². The second-order valence-corrected chi connectivity index (χ2v) is 6.65. The van der Waals surface area contributed by atoms with Crippen molar-refractivity contribution in [3.8, 4) is 38.9 Å². The Bertz CT molecular complexity index is 1150. The topological polar surface area (TPSA) is 98.4 Å². The van der Waals surface area contributed by atoms with E-state index in [9.17, 15) is 15.2 Å². The average Bonchev–Trinajstić information content (AvgIpc) is 3.17. The molecule has 7 nitrogen and oxygen atoms in total. The maximum absolute atomic E-state index is 11.4. The first-order chi connectivity index (χ1) is 13.6. The molecule has 0 radical (unpaired) electrons. The fourth-order valence-corrected chi connectivity index (χ4v) is 3.60. The summed E-state index contributed by atoms with van der Waals surface area (Å²) < 4.78 is 5.86. The molecule has 0 saturated carbocycles. The van der Waals surface area contributed by atoms with Gasteiger partial charge in [-0.05, 0) is 35.7 Å². The molecule has 0 aliphatic heterocycles. The third-order valence-electron chi connectivity index (χ3n) is 4.02. The first kappa shape index (κ1) is 17.6. The Hall–Kier alpha value is -3.78. The van der Waals surface area contributed by atoms with Crippen molar-refractivity contribution in [3.63, 3.8) is 0 Å². The van der Waals surface area contributed by atoms with Crippen LogP contribution in [0.4, 0.5) is 5.69 Å². The zero-order valence-corrected chi connectivity index (χ0v) is 15.2. The summed E-state index contributed by atoms with van der Waals surface area (Å²) in [6, 6.07) is 13.1. The first-order valence-corrected chi connectivity index (χ1v) is 9.10. The van der Waals surface area contributed by atoms with Gasteiger partial charge in [0.2, 0.25) is 0 Å². The lowest BCUT2D eigenvalue weighted by Gasteiger charge is -2.10. The van der Waals surface area contributed by atoms with E-state index in [1.54, 1.807) is 54.9 Å². The number of aromatic hydroxyl groups is 1. The predicted octanol–water partition coefficient (Wildman–Crippen LogP) is 5.28. The predicted molar refractivity (Wildman–Crippen MR) is 106 cm³/mol. The molecule has 4 aromatic rings. The summed E-state index contributed by atoms with van der Waals surface area (Å²) in [7, 11) is 0. The van der Waals surface area contributed by atoms with Crippen LogP contribution < -0.4 is 4.74 Å². The Balaban J connectivity index is 1.79. The number of rotatable bonds is 5. The molecule has 28 heavy (non-hydrogen) atoms. The van der Waals surface area contributed by atoms with Crippen LogP contribution in [0.5, 0.6) is 17.2 Å². The maximum atomic E-state index is 11.4. The molecule has 138 valence electrons. The van der Waals surface area contributed by atoms with E-state index in [0.717, 1.165) is 0 Å². The highest BCUT2D eigenvalue weighted by Crippen LogP contribution is 2.45. The molecular weight excluding hydrogens is 378 g/mol. The molecule has 0 unspecified atom stereocenters. The van der Waals surface area contributed by atoms with E-state index in [4.69, 9.17) is 4.74 Å². The van der Waals surface area contributed by atoms with Gasteiger partial charge in [-0.3, -0.25) is 20.1 Å². The van der Waals surface area contributed by atoms with Crippen LogP contribution in [0.1, 0.15) is 0 Å². The van der Waals surface area contributed by atoms with Gasteiger partial charge in [0.25, 0.3) is 5.69 Å². The summed E-state index contributed by atoms with van der Waals surface area (Å²) in [5.41, 5.74) is 0.857. The van der Waals surface area contributed by atoms with Crippen molar-refractivity contribution in [2.45, 2.75) is 0 Å². The monoisotopic (exact) mass is 391 g/mol. The van der Waals surface area contributed by atoms with E-state index >= 15 is 0 Å². The lowest BCUT2D eigenvalue weighted by Crippen LogP contribution is -1.93. The van der Waals surface area contributed by atoms with Gasteiger partial charge in [-0.1, -0.05) is 12.1 Å². The Morgan fingerprint density at radius 3 is 2.68 bits per heavy atom. The number of pyridine rings is 2. The molecule has 0 fully saturated rings. The molecule has 1 aromatic carbocycles. The summed E-state index contributed by atoms with van der Waals surface area (Å²) in [6.07, 6.45) is 4.73. The van der Waals surface area contributed by atoms with Crippen molar-refractivity contribution < 1.29 is 14.8 Å². The number of nitro groups is 1. The zero-order valence-electron chi connectivity index (χ0n) is 14.4. The van der Waals surface area contributed by atoms with Crippen LogP contribution in [-0.4, -0.2) is 20.0 Å². The van der Waals surface area contributed by atoms with Gasteiger partial charge in [-0.2, -0.15) is 0 Å². The summed E-state index contributed by atoms with van der Waals surface area (Å²) in [6.45, 7) is 0. The molecule has 4 rings (SSSR count). The van der Waals surface area contributed by atoms with Crippen molar-refractivity contribution in [2.75, 3.05) is 0 Å². The molecule has 0 saturated heterocycles. The van der Waals surface area contributed by atoms with Crippen molar-refractivity contribution >= 4 is 17.0 Å². The molecule has 0 spiro atoms. The van der Waals surface area contributed by atoms with Gasteiger partial charge in [0, 0.05) is 24.0 Å². The van der Waals surface area contributed by atoms with Crippen molar-refractivity contribution in [2.24, 2.45) is 0 Å². The summed E-state index contributed by atoms with van der Waals surface area (Å²) in [4.78, 5) is 19.8. The van der Waals surface area contributed by atoms with Crippen molar-refractivity contribution in [1.82, 2.24) is 9.97 Å². The highest BCUT2D eigenvalue weighted by Gasteiger charge is 2.22. The van der Waals surface area contributed by atoms with Gasteiger partial charge in [0.05, 0.1) is 21.6 Å². The number of hydrogen-bond donors (Lipinski definition) is 1. The number of thiophene rings is 1. The third-order valence-corrected chi connectivity index (χ3v) is 4.92. The summed E-state index contributed by atoms with van der Waals surface area (Å²) in [5.74, 6) is 0.923. The number of benzene rings is 1. The standard InChI is InChI=1S/C20H13N3O4S/c24-19-15(14-5-1-2-6-16(14)23(25)26)7-10-22-18(19)20-17(8-11-28-20)27-13-4-3-9-21-12-13/h1-12,24H. The third kappa shape index (κ3) is 3.28. The normalized spacial score (nSPS) is 10.6. The molecule has 0 bridgehead atoms. The van der Waals surface area contributed by atoms with E-state index in [-0.39, 0.29) is 11.4 Å². The maximum Gasteiger partial charge on any atom is 0.277 e. The molecule has 8 heteroatoms. The number of nitrogens with zero attached hydrogens (tertiary/aromatic N) is 3. The quantitative estimate of drug-likeness (QED) is 0.367. The molecule has 0 atom stereocenters. The smallest absolute Gasteiger partial charge is 0.277 e. The van der Waals surface area contributed by atoms with Crippen LogP contribution in [0.25, 0.3) is 21.7 Å². The fraction of sp³-hybridized carbons (Fsp3) is 0. The summed E-state index contributed by atoms with van der Waals surface area (Å²) in [5, 5.41) is 24.0. The van der Waals surface area contributed by atoms with Crippen LogP contribution in [0.15, 0.2) is 72.5 Å². The second-order valence-electron chi connectivity index (χ2n) is 5.73. The van der Waals surface area contributed by atoms with Crippen LogP contribution in [-0.2, 0) is 0 Å². The SMILES string of the molecule is O=[N+]([O-])c1ccccc1-c1ccnc(-c2sccc2Oc2cccnc2)c1O. The number of nitro benzene ring substituents is 1. The van der Waals surface area contributed by atoms with E-state index in [1.165, 1.54) is 23.6 Å². The highest BCUT2D eigenvalue weighted by molar-refractivity contribution is 7.14. The number of aromatic nitrogens is 2. The van der Waals surface area contributed by atoms with E-state index in [0.29, 0.717) is 33.2 Å². The number of para-hydroxylation sites is 1. The summed E-state index contributed by atoms with van der Waals surface area (Å²) >= 11 is 1.35. The Kier molecular flexibility index (Phi) is 4.69. The van der Waals surface area contributed by atoms with E-state index in [1.807, 2.05) is 5.38 Å². The number of hydrogen-bond acceptors (Lipinski definition) is 7. The van der Waals surface area contributed by atoms with Gasteiger partial charge < -0.3 is 9.84 Å². The molecule has 1 N–H and O–H groups in total. The fourth-order valence-electron chi connectivity index (χ4n) is 2.78. The molecular formula is C20H13N3O4S. The lowest BCUT2D eigenvalue weighted by molar-refractivity contribution is -0.384. The minimum Gasteiger partial charge on any atom is -0.505 e. The average molecular weight is 391 g/mol. The van der Waals surface area contributed by atoms with Gasteiger partial charge in [-0.25, -0.2) is 0 Å². The first-order valence-electron chi connectivity index (χ1n) is 8.22. The largest absolute Gasteiger partial charge is 0.505 e. The van der Waals surface area contributed by atoms with Gasteiger partial charge >= 0.3 is 0 Å². The minimum absolute atomic E-state index is 0.0898. The molecule has 0 aliphatic carbocycles. The van der Waals surface area contributed by atoms with Crippen LogP contribution in [0.3, 0.4) is 0 Å². The van der Waals surface area contributed by atoms with E-state index < -0.39 is 4.92 Å². The second kappa shape index (κ2) is 7.45. The van der Waals surface area contributed by atoms with Crippen LogP contribution in [0, 0.1) is 10.1 Å². The Labute approximate surface area is 163 Å². The molecule has 0 aliphatic rings. The molecule has 3 aromatic heterocycles. The van der Waals surface area contributed by atoms with Gasteiger partial charge in [0.15, 0.2) is 5.75 Å². The van der Waals surface area contributed by atoms with Crippen LogP contribution >= 0.6 is 11.3 Å². The highest BCUT2D eigenvalue weighted by atomic mass is 32.1. The Morgan fingerprint density at radius 2 is 1.89 bits per heavy atom. The van der Waals surface area contributed by atoms with Crippen LogP contribution in [0.2, 0.25) is 0 Å². The molecule has 3 heterocycles. The van der Waals surface area contributed by atoms with Gasteiger partial charge in [-0.15, -0.1) is 11.3 Å². The van der Waals surface area contributed by atoms with E-state index in [2.05, 4.69) is 9.97 Å². The minimum atomic E-state index is -0.475.